The molecule has 0 amide bonds. The second kappa shape index (κ2) is 5.32. The zero-order chi connectivity index (χ0) is 13.1. The Morgan fingerprint density at radius 2 is 1.84 bits per heavy atom. The molecule has 0 heterocycles. The van der Waals surface area contributed by atoms with Crippen molar-refractivity contribution < 1.29 is 0 Å². The summed E-state index contributed by atoms with van der Waals surface area (Å²) >= 11 is 0. The van der Waals surface area contributed by atoms with Crippen molar-refractivity contribution in [1.29, 1.82) is 0 Å². The lowest BCUT2D eigenvalue weighted by molar-refractivity contribution is 0.470. The van der Waals surface area contributed by atoms with E-state index < -0.39 is 0 Å². The topological polar surface area (TPSA) is 38.0 Å². The fourth-order valence-electron chi connectivity index (χ4n) is 2.61. The molecule has 0 saturated heterocycles. The van der Waals surface area contributed by atoms with Gasteiger partial charge in [0.15, 0.2) is 0 Å². The summed E-state index contributed by atoms with van der Waals surface area (Å²) in [7, 11) is 0. The van der Waals surface area contributed by atoms with Gasteiger partial charge in [0, 0.05) is 6.54 Å². The minimum absolute atomic E-state index is 0.434. The van der Waals surface area contributed by atoms with Crippen LogP contribution in [0.1, 0.15) is 18.4 Å². The lowest BCUT2D eigenvalue weighted by Crippen LogP contribution is -2.30. The Kier molecular flexibility index (Phi) is 3.54. The maximum atomic E-state index is 5.78. The Bertz CT molecular complexity index is 558. The van der Waals surface area contributed by atoms with Crippen molar-refractivity contribution in [2.45, 2.75) is 19.3 Å². The zero-order valence-corrected chi connectivity index (χ0v) is 11.4. The van der Waals surface area contributed by atoms with Crippen molar-refractivity contribution in [2.24, 2.45) is 11.1 Å². The number of nitrogens with two attached hydrogens (primary N) is 1. The van der Waals surface area contributed by atoms with Crippen LogP contribution in [0, 0.1) is 5.41 Å². The molecular formula is C17H22N2. The molecule has 0 spiro atoms. The van der Waals surface area contributed by atoms with Crippen LogP contribution in [0.4, 0.5) is 0 Å². The van der Waals surface area contributed by atoms with E-state index >= 15 is 0 Å². The first-order chi connectivity index (χ1) is 9.31. The number of rotatable bonds is 6. The van der Waals surface area contributed by atoms with Gasteiger partial charge >= 0.3 is 0 Å². The predicted octanol–water partition coefficient (Wildman–Crippen LogP) is 2.71. The highest BCUT2D eigenvalue weighted by Crippen LogP contribution is 2.43. The lowest BCUT2D eigenvalue weighted by Gasteiger charge is -2.13. The summed E-state index contributed by atoms with van der Waals surface area (Å²) in [6.45, 7) is 2.95. The molecule has 0 radical (unpaired) electrons. The Morgan fingerprint density at radius 1 is 1.05 bits per heavy atom. The summed E-state index contributed by atoms with van der Waals surface area (Å²) in [6, 6.07) is 15.3. The molecule has 1 saturated carbocycles. The van der Waals surface area contributed by atoms with E-state index in [4.69, 9.17) is 5.73 Å². The largest absolute Gasteiger partial charge is 0.330 e. The van der Waals surface area contributed by atoms with Gasteiger partial charge in [-0.15, -0.1) is 0 Å². The SMILES string of the molecule is NCC1(CNCCc2ccc3ccccc3c2)CC1. The molecule has 1 aliphatic rings. The van der Waals surface area contributed by atoms with Crippen LogP contribution in [-0.2, 0) is 6.42 Å². The number of benzene rings is 2. The smallest absolute Gasteiger partial charge is 0.00200 e. The van der Waals surface area contributed by atoms with Gasteiger partial charge < -0.3 is 11.1 Å². The van der Waals surface area contributed by atoms with Crippen LogP contribution < -0.4 is 11.1 Å². The van der Waals surface area contributed by atoms with Crippen molar-refractivity contribution in [3.63, 3.8) is 0 Å². The number of hydrogen-bond acceptors (Lipinski definition) is 2. The van der Waals surface area contributed by atoms with Gasteiger partial charge in [-0.3, -0.25) is 0 Å². The van der Waals surface area contributed by atoms with Crippen LogP contribution in [0.25, 0.3) is 10.8 Å². The Morgan fingerprint density at radius 3 is 2.58 bits per heavy atom. The number of fused-ring (bicyclic) bond motifs is 1. The highest BCUT2D eigenvalue weighted by molar-refractivity contribution is 5.82. The first-order valence-electron chi connectivity index (χ1n) is 7.20. The molecule has 3 N–H and O–H groups in total. The summed E-state index contributed by atoms with van der Waals surface area (Å²) in [4.78, 5) is 0. The van der Waals surface area contributed by atoms with Crippen LogP contribution in [0.2, 0.25) is 0 Å². The number of nitrogens with one attached hydrogen (secondary N) is 1. The molecule has 0 aromatic heterocycles. The minimum atomic E-state index is 0.434. The maximum absolute atomic E-state index is 5.78. The van der Waals surface area contributed by atoms with Crippen molar-refractivity contribution in [3.05, 3.63) is 48.0 Å². The minimum Gasteiger partial charge on any atom is -0.330 e. The third kappa shape index (κ3) is 2.96. The predicted molar refractivity (Wildman–Crippen MR) is 81.2 cm³/mol. The van der Waals surface area contributed by atoms with Crippen molar-refractivity contribution in [2.75, 3.05) is 19.6 Å². The Balaban J connectivity index is 1.53. The molecular weight excluding hydrogens is 232 g/mol. The highest BCUT2D eigenvalue weighted by atomic mass is 14.9. The average Bonchev–Trinajstić information content (AvgIpc) is 3.24. The normalized spacial score (nSPS) is 16.7. The lowest BCUT2D eigenvalue weighted by atomic mass is 10.0. The average molecular weight is 254 g/mol. The van der Waals surface area contributed by atoms with Gasteiger partial charge in [0.05, 0.1) is 0 Å². The molecule has 0 aliphatic heterocycles. The third-order valence-electron chi connectivity index (χ3n) is 4.29. The molecule has 1 aliphatic carbocycles. The molecule has 0 unspecified atom stereocenters. The van der Waals surface area contributed by atoms with Gasteiger partial charge in [0.25, 0.3) is 0 Å². The van der Waals surface area contributed by atoms with E-state index in [0.717, 1.165) is 26.1 Å². The summed E-state index contributed by atoms with van der Waals surface area (Å²) in [5.41, 5.74) is 7.62. The van der Waals surface area contributed by atoms with Gasteiger partial charge in [-0.25, -0.2) is 0 Å². The molecule has 0 bridgehead atoms. The molecule has 0 atom stereocenters. The van der Waals surface area contributed by atoms with E-state index in [1.165, 1.54) is 29.2 Å². The second-order valence-corrected chi connectivity index (χ2v) is 5.81. The molecule has 2 aromatic carbocycles. The molecule has 1 fully saturated rings. The van der Waals surface area contributed by atoms with E-state index in [1.807, 2.05) is 0 Å². The maximum Gasteiger partial charge on any atom is 0.00200 e. The quantitative estimate of drug-likeness (QED) is 0.778. The van der Waals surface area contributed by atoms with Gasteiger partial charge in [0.1, 0.15) is 0 Å². The highest BCUT2D eigenvalue weighted by Gasteiger charge is 2.40. The van der Waals surface area contributed by atoms with Crippen molar-refractivity contribution >= 4 is 10.8 Å². The van der Waals surface area contributed by atoms with Crippen LogP contribution in [-0.4, -0.2) is 19.6 Å². The first kappa shape index (κ1) is 12.6. The van der Waals surface area contributed by atoms with Crippen LogP contribution in [0.15, 0.2) is 42.5 Å². The fraction of sp³-hybridized carbons (Fsp3) is 0.412. The van der Waals surface area contributed by atoms with Gasteiger partial charge in [-0.1, -0.05) is 42.5 Å². The molecule has 3 rings (SSSR count). The second-order valence-electron chi connectivity index (χ2n) is 5.81. The zero-order valence-electron chi connectivity index (χ0n) is 11.4. The fourth-order valence-corrected chi connectivity index (χ4v) is 2.61. The van der Waals surface area contributed by atoms with E-state index in [1.54, 1.807) is 0 Å². The van der Waals surface area contributed by atoms with Gasteiger partial charge in [-0.05, 0) is 54.1 Å². The summed E-state index contributed by atoms with van der Waals surface area (Å²) in [6.07, 6.45) is 3.68. The van der Waals surface area contributed by atoms with E-state index in [2.05, 4.69) is 47.8 Å². The molecule has 100 valence electrons. The molecule has 2 heteroatoms. The first-order valence-corrected chi connectivity index (χ1v) is 7.20. The van der Waals surface area contributed by atoms with Crippen LogP contribution >= 0.6 is 0 Å². The summed E-state index contributed by atoms with van der Waals surface area (Å²) in [5, 5.41) is 6.21. The van der Waals surface area contributed by atoms with Crippen molar-refractivity contribution in [1.82, 2.24) is 5.32 Å². The number of hydrogen-bond donors (Lipinski definition) is 2. The Hall–Kier alpha value is -1.38. The van der Waals surface area contributed by atoms with Crippen LogP contribution in [0.3, 0.4) is 0 Å². The van der Waals surface area contributed by atoms with E-state index in [0.29, 0.717) is 5.41 Å². The molecule has 2 aromatic rings. The third-order valence-corrected chi connectivity index (χ3v) is 4.29. The van der Waals surface area contributed by atoms with Gasteiger partial charge in [-0.2, -0.15) is 0 Å². The van der Waals surface area contributed by atoms with Crippen molar-refractivity contribution in [3.8, 4) is 0 Å². The molecule has 19 heavy (non-hydrogen) atoms. The van der Waals surface area contributed by atoms with Crippen LogP contribution in [0.5, 0.6) is 0 Å². The summed E-state index contributed by atoms with van der Waals surface area (Å²) < 4.78 is 0. The summed E-state index contributed by atoms with van der Waals surface area (Å²) in [5.74, 6) is 0. The standard InChI is InChI=1S/C17H22N2/c18-12-17(8-9-17)13-19-10-7-14-5-6-15-3-1-2-4-16(15)11-14/h1-6,11,19H,7-10,12-13,18H2. The Labute approximate surface area is 115 Å². The van der Waals surface area contributed by atoms with E-state index in [9.17, 15) is 0 Å². The monoisotopic (exact) mass is 254 g/mol. The van der Waals surface area contributed by atoms with E-state index in [-0.39, 0.29) is 0 Å². The molecule has 2 nitrogen and oxygen atoms in total. The van der Waals surface area contributed by atoms with Gasteiger partial charge in [0.2, 0.25) is 0 Å².